The normalized spacial score (nSPS) is 11.4. The Bertz CT molecular complexity index is 417. The molecule has 0 aliphatic heterocycles. The molecule has 5 heteroatoms. The van der Waals surface area contributed by atoms with Crippen LogP contribution in [0.5, 0.6) is 0 Å². The van der Waals surface area contributed by atoms with Crippen molar-refractivity contribution < 1.29 is 4.79 Å². The second-order valence-corrected chi connectivity index (χ2v) is 7.70. The zero-order chi connectivity index (χ0) is 13.1. The summed E-state index contributed by atoms with van der Waals surface area (Å²) in [5.74, 6) is 0.386. The van der Waals surface area contributed by atoms with E-state index in [0.29, 0.717) is 16.5 Å². The molecule has 94 valence electrons. The molecule has 1 rings (SSSR count). The van der Waals surface area contributed by atoms with Crippen molar-refractivity contribution in [3.63, 3.8) is 0 Å². The molecule has 0 unspecified atom stereocenters. The fourth-order valence-electron chi connectivity index (χ4n) is 1.06. The number of amides is 1. The second-order valence-electron chi connectivity index (χ2n) is 4.57. The van der Waals surface area contributed by atoms with E-state index in [-0.39, 0.29) is 10.7 Å². The standard InChI is InChI=1S/C12H15BrClNOS/c1-12(2,3)17-7-11(16)15-10-6-8(13)4-5-9(10)14/h4-6H,7H2,1-3H3,(H,15,16). The lowest BCUT2D eigenvalue weighted by atomic mass is 10.3. The van der Waals surface area contributed by atoms with E-state index in [4.69, 9.17) is 11.6 Å². The van der Waals surface area contributed by atoms with Crippen molar-refractivity contribution in [1.82, 2.24) is 0 Å². The van der Waals surface area contributed by atoms with Gasteiger partial charge in [0.05, 0.1) is 16.5 Å². The van der Waals surface area contributed by atoms with Crippen LogP contribution in [0.3, 0.4) is 0 Å². The predicted octanol–water partition coefficient (Wildman–Crippen LogP) is 4.57. The molecule has 0 bridgehead atoms. The highest BCUT2D eigenvalue weighted by atomic mass is 79.9. The van der Waals surface area contributed by atoms with E-state index in [1.54, 1.807) is 23.9 Å². The maximum absolute atomic E-state index is 11.7. The number of anilines is 1. The predicted molar refractivity (Wildman–Crippen MR) is 80.0 cm³/mol. The van der Waals surface area contributed by atoms with Crippen molar-refractivity contribution in [1.29, 1.82) is 0 Å². The lowest BCUT2D eigenvalue weighted by Gasteiger charge is -2.17. The van der Waals surface area contributed by atoms with Gasteiger partial charge in [0.2, 0.25) is 5.91 Å². The number of carbonyl (C=O) groups is 1. The first kappa shape index (κ1) is 14.9. The number of hydrogen-bond donors (Lipinski definition) is 1. The van der Waals surface area contributed by atoms with Crippen molar-refractivity contribution >= 4 is 50.9 Å². The SMILES string of the molecule is CC(C)(C)SCC(=O)Nc1cc(Br)ccc1Cl. The highest BCUT2D eigenvalue weighted by molar-refractivity contribution is 9.10. The lowest BCUT2D eigenvalue weighted by molar-refractivity contribution is -0.113. The number of carbonyl (C=O) groups excluding carboxylic acids is 1. The molecular weight excluding hydrogens is 322 g/mol. The van der Waals surface area contributed by atoms with E-state index in [1.165, 1.54) is 0 Å². The number of benzene rings is 1. The van der Waals surface area contributed by atoms with Gasteiger partial charge in [-0.05, 0) is 18.2 Å². The van der Waals surface area contributed by atoms with Gasteiger partial charge in [-0.3, -0.25) is 4.79 Å². The summed E-state index contributed by atoms with van der Waals surface area (Å²) in [6.45, 7) is 6.24. The molecule has 0 saturated heterocycles. The summed E-state index contributed by atoms with van der Waals surface area (Å²) < 4.78 is 0.971. The van der Waals surface area contributed by atoms with E-state index in [9.17, 15) is 4.79 Å². The smallest absolute Gasteiger partial charge is 0.234 e. The summed E-state index contributed by atoms with van der Waals surface area (Å²) in [7, 11) is 0. The number of rotatable bonds is 3. The Balaban J connectivity index is 2.59. The number of thioether (sulfide) groups is 1. The van der Waals surface area contributed by atoms with Crippen molar-refractivity contribution in [3.8, 4) is 0 Å². The van der Waals surface area contributed by atoms with Crippen LogP contribution in [-0.2, 0) is 4.79 Å². The highest BCUT2D eigenvalue weighted by Crippen LogP contribution is 2.27. The van der Waals surface area contributed by atoms with E-state index in [1.807, 2.05) is 6.07 Å². The van der Waals surface area contributed by atoms with Crippen LogP contribution in [0.2, 0.25) is 5.02 Å². The fourth-order valence-corrected chi connectivity index (χ4v) is 2.22. The molecule has 0 spiro atoms. The monoisotopic (exact) mass is 335 g/mol. The molecule has 1 aromatic carbocycles. The molecule has 1 N–H and O–H groups in total. The Morgan fingerprint density at radius 1 is 1.47 bits per heavy atom. The molecule has 0 radical (unpaired) electrons. The summed E-state index contributed by atoms with van der Waals surface area (Å²) in [6, 6.07) is 5.38. The Kier molecular flexibility index (Phi) is 5.35. The third-order valence-electron chi connectivity index (χ3n) is 1.84. The van der Waals surface area contributed by atoms with Crippen LogP contribution in [0, 0.1) is 0 Å². The Hall–Kier alpha value is -0.190. The summed E-state index contributed by atoms with van der Waals surface area (Å²) in [6.07, 6.45) is 0. The van der Waals surface area contributed by atoms with Gasteiger partial charge in [-0.25, -0.2) is 0 Å². The van der Waals surface area contributed by atoms with Gasteiger partial charge in [0, 0.05) is 9.22 Å². The maximum atomic E-state index is 11.7. The number of hydrogen-bond acceptors (Lipinski definition) is 2. The zero-order valence-corrected chi connectivity index (χ0v) is 13.2. The van der Waals surface area contributed by atoms with Gasteiger partial charge < -0.3 is 5.32 Å². The van der Waals surface area contributed by atoms with Gasteiger partial charge in [0.25, 0.3) is 0 Å². The quantitative estimate of drug-likeness (QED) is 0.876. The van der Waals surface area contributed by atoms with Crippen LogP contribution < -0.4 is 5.32 Å². The molecule has 1 amide bonds. The van der Waals surface area contributed by atoms with Gasteiger partial charge in [-0.2, -0.15) is 0 Å². The van der Waals surface area contributed by atoms with Gasteiger partial charge in [-0.1, -0.05) is 48.3 Å². The van der Waals surface area contributed by atoms with E-state index in [2.05, 4.69) is 42.0 Å². The highest BCUT2D eigenvalue weighted by Gasteiger charge is 2.14. The summed E-state index contributed by atoms with van der Waals surface area (Å²) >= 11 is 10.9. The van der Waals surface area contributed by atoms with Crippen molar-refractivity contribution in [2.24, 2.45) is 0 Å². The summed E-state index contributed by atoms with van der Waals surface area (Å²) in [4.78, 5) is 11.7. The third kappa shape index (κ3) is 5.80. The molecule has 0 aromatic heterocycles. The van der Waals surface area contributed by atoms with E-state index in [0.717, 1.165) is 4.47 Å². The Morgan fingerprint density at radius 3 is 2.71 bits per heavy atom. The van der Waals surface area contributed by atoms with Gasteiger partial charge >= 0.3 is 0 Å². The van der Waals surface area contributed by atoms with Gasteiger partial charge in [0.15, 0.2) is 0 Å². The molecule has 0 heterocycles. The van der Waals surface area contributed by atoms with Crippen LogP contribution in [-0.4, -0.2) is 16.4 Å². The zero-order valence-electron chi connectivity index (χ0n) is 10.0. The summed E-state index contributed by atoms with van der Waals surface area (Å²) in [5.41, 5.74) is 0.639. The molecule has 1 aromatic rings. The Labute approximate surface area is 120 Å². The fraction of sp³-hybridized carbons (Fsp3) is 0.417. The first-order chi connectivity index (χ1) is 7.78. The molecule has 0 atom stereocenters. The van der Waals surface area contributed by atoms with Crippen LogP contribution in [0.1, 0.15) is 20.8 Å². The first-order valence-electron chi connectivity index (χ1n) is 5.17. The van der Waals surface area contributed by atoms with Crippen LogP contribution in [0.4, 0.5) is 5.69 Å². The minimum absolute atomic E-state index is 0.0371. The van der Waals surface area contributed by atoms with Crippen LogP contribution in [0.15, 0.2) is 22.7 Å². The van der Waals surface area contributed by atoms with Crippen molar-refractivity contribution in [2.75, 3.05) is 11.1 Å². The molecule has 0 aliphatic rings. The molecule has 0 fully saturated rings. The van der Waals surface area contributed by atoms with E-state index < -0.39 is 0 Å². The Morgan fingerprint density at radius 2 is 2.12 bits per heavy atom. The van der Waals surface area contributed by atoms with E-state index >= 15 is 0 Å². The minimum atomic E-state index is -0.0371. The van der Waals surface area contributed by atoms with Crippen LogP contribution >= 0.6 is 39.3 Å². The van der Waals surface area contributed by atoms with Crippen molar-refractivity contribution in [3.05, 3.63) is 27.7 Å². The topological polar surface area (TPSA) is 29.1 Å². The molecule has 0 saturated carbocycles. The van der Waals surface area contributed by atoms with Crippen molar-refractivity contribution in [2.45, 2.75) is 25.5 Å². The first-order valence-corrected chi connectivity index (χ1v) is 7.32. The summed E-state index contributed by atoms with van der Waals surface area (Å²) in [5, 5.41) is 3.35. The van der Waals surface area contributed by atoms with Gasteiger partial charge in [0.1, 0.15) is 0 Å². The second kappa shape index (κ2) is 6.12. The number of halogens is 2. The maximum Gasteiger partial charge on any atom is 0.234 e. The number of nitrogens with one attached hydrogen (secondary N) is 1. The largest absolute Gasteiger partial charge is 0.324 e. The minimum Gasteiger partial charge on any atom is -0.324 e. The molecular formula is C12H15BrClNOS. The average molecular weight is 337 g/mol. The third-order valence-corrected chi connectivity index (χ3v) is 3.93. The van der Waals surface area contributed by atoms with Gasteiger partial charge in [-0.15, -0.1) is 11.8 Å². The molecule has 17 heavy (non-hydrogen) atoms. The molecule has 0 aliphatic carbocycles. The molecule has 2 nitrogen and oxygen atoms in total. The average Bonchev–Trinajstić information content (AvgIpc) is 2.20. The lowest BCUT2D eigenvalue weighted by Crippen LogP contribution is -2.19. The van der Waals surface area contributed by atoms with Crippen LogP contribution in [0.25, 0.3) is 0 Å².